The summed E-state index contributed by atoms with van der Waals surface area (Å²) in [5.41, 5.74) is 0. The van der Waals surface area contributed by atoms with Gasteiger partial charge in [-0.05, 0) is 25.2 Å². The van der Waals surface area contributed by atoms with Gasteiger partial charge in [-0.3, -0.25) is 4.79 Å². The first-order valence-corrected chi connectivity index (χ1v) is 4.42. The lowest BCUT2D eigenvalue weighted by Gasteiger charge is -2.14. The Labute approximate surface area is 74.3 Å². The molecule has 70 valence electrons. The van der Waals surface area contributed by atoms with Crippen LogP contribution in [0.5, 0.6) is 0 Å². The van der Waals surface area contributed by atoms with Crippen LogP contribution in [0.4, 0.5) is 0 Å². The van der Waals surface area contributed by atoms with E-state index in [1.807, 2.05) is 13.0 Å². The van der Waals surface area contributed by atoms with Crippen molar-refractivity contribution < 1.29 is 9.90 Å². The van der Waals surface area contributed by atoms with Crippen molar-refractivity contribution in [1.29, 1.82) is 0 Å². The summed E-state index contributed by atoms with van der Waals surface area (Å²) in [5, 5.41) is 8.46. The van der Waals surface area contributed by atoms with E-state index in [-0.39, 0.29) is 6.42 Å². The smallest absolute Gasteiger partial charge is 0.303 e. The highest BCUT2D eigenvalue weighted by atomic mass is 16.4. The van der Waals surface area contributed by atoms with Gasteiger partial charge < -0.3 is 5.11 Å². The van der Waals surface area contributed by atoms with Gasteiger partial charge in [0, 0.05) is 6.42 Å². The highest BCUT2D eigenvalue weighted by Crippen LogP contribution is 2.17. The molecule has 12 heavy (non-hydrogen) atoms. The van der Waals surface area contributed by atoms with Crippen molar-refractivity contribution in [3.8, 4) is 0 Å². The van der Waals surface area contributed by atoms with Gasteiger partial charge >= 0.3 is 5.97 Å². The summed E-state index contributed by atoms with van der Waals surface area (Å²) in [6.45, 7) is 6.19. The van der Waals surface area contributed by atoms with E-state index in [1.54, 1.807) is 0 Å². The molecule has 0 fully saturated rings. The Morgan fingerprint density at radius 3 is 2.50 bits per heavy atom. The van der Waals surface area contributed by atoms with Gasteiger partial charge in [-0.1, -0.05) is 26.0 Å². The predicted molar refractivity (Wildman–Crippen MR) is 50.0 cm³/mol. The van der Waals surface area contributed by atoms with Crippen LogP contribution in [0.3, 0.4) is 0 Å². The molecule has 0 radical (unpaired) electrons. The van der Waals surface area contributed by atoms with Crippen LogP contribution in [0.15, 0.2) is 12.2 Å². The lowest BCUT2D eigenvalue weighted by atomic mass is 9.91. The average molecular weight is 170 g/mol. The van der Waals surface area contributed by atoms with Crippen LogP contribution >= 0.6 is 0 Å². The Balaban J connectivity index is 3.70. The summed E-state index contributed by atoms with van der Waals surface area (Å²) in [7, 11) is 0. The zero-order valence-corrected chi connectivity index (χ0v) is 8.08. The number of aliphatic carboxylic acids is 1. The molecule has 2 heteroatoms. The molecule has 0 aromatic heterocycles. The molecule has 0 rings (SSSR count). The minimum absolute atomic E-state index is 0.281. The van der Waals surface area contributed by atoms with Crippen LogP contribution in [0, 0.1) is 11.8 Å². The second kappa shape index (κ2) is 5.81. The molecule has 1 N–H and O–H groups in total. The zero-order chi connectivity index (χ0) is 9.56. The quantitative estimate of drug-likeness (QED) is 0.644. The van der Waals surface area contributed by atoms with Crippen molar-refractivity contribution in [3.05, 3.63) is 12.2 Å². The van der Waals surface area contributed by atoms with E-state index >= 15 is 0 Å². The fourth-order valence-corrected chi connectivity index (χ4v) is 1.11. The second-order valence-electron chi connectivity index (χ2n) is 3.29. The van der Waals surface area contributed by atoms with Gasteiger partial charge in [-0.15, -0.1) is 0 Å². The first-order chi connectivity index (χ1) is 5.57. The van der Waals surface area contributed by atoms with E-state index in [1.165, 1.54) is 0 Å². The third kappa shape index (κ3) is 4.94. The fourth-order valence-electron chi connectivity index (χ4n) is 1.11. The number of carbonyl (C=O) groups is 1. The van der Waals surface area contributed by atoms with Crippen LogP contribution in [-0.2, 0) is 4.79 Å². The number of rotatable bonds is 5. The van der Waals surface area contributed by atoms with Crippen LogP contribution < -0.4 is 0 Å². The lowest BCUT2D eigenvalue weighted by Crippen LogP contribution is -2.07. The molecule has 0 saturated heterocycles. The van der Waals surface area contributed by atoms with E-state index in [0.29, 0.717) is 11.8 Å². The zero-order valence-electron chi connectivity index (χ0n) is 8.08. The van der Waals surface area contributed by atoms with Crippen LogP contribution in [0.25, 0.3) is 0 Å². The largest absolute Gasteiger partial charge is 0.481 e. The van der Waals surface area contributed by atoms with Crippen molar-refractivity contribution in [2.24, 2.45) is 11.8 Å². The van der Waals surface area contributed by atoms with Crippen LogP contribution in [0.1, 0.15) is 33.6 Å². The van der Waals surface area contributed by atoms with Gasteiger partial charge in [0.15, 0.2) is 0 Å². The molecule has 0 aliphatic heterocycles. The molecular formula is C10H18O2. The molecule has 0 aromatic carbocycles. The Morgan fingerprint density at radius 1 is 1.50 bits per heavy atom. The normalized spacial score (nSPS) is 16.2. The molecule has 0 saturated carbocycles. The molecule has 0 aliphatic rings. The number of hydrogen-bond donors (Lipinski definition) is 1. The fraction of sp³-hybridized carbons (Fsp3) is 0.700. The number of hydrogen-bond acceptors (Lipinski definition) is 1. The maximum atomic E-state index is 10.3. The minimum atomic E-state index is -0.700. The molecular weight excluding hydrogens is 152 g/mol. The summed E-state index contributed by atoms with van der Waals surface area (Å²) in [5.74, 6) is 0.237. The van der Waals surface area contributed by atoms with Gasteiger partial charge in [0.05, 0.1) is 0 Å². The van der Waals surface area contributed by atoms with E-state index < -0.39 is 5.97 Å². The summed E-state index contributed by atoms with van der Waals surface area (Å²) < 4.78 is 0. The number of allylic oxidation sites excluding steroid dienone is 2. The monoisotopic (exact) mass is 170 g/mol. The molecule has 0 bridgehead atoms. The van der Waals surface area contributed by atoms with Crippen molar-refractivity contribution in [2.45, 2.75) is 33.6 Å². The van der Waals surface area contributed by atoms with Crippen molar-refractivity contribution >= 4 is 5.97 Å². The Hall–Kier alpha value is -0.790. The van der Waals surface area contributed by atoms with Gasteiger partial charge in [0.2, 0.25) is 0 Å². The highest BCUT2D eigenvalue weighted by Gasteiger charge is 2.10. The molecule has 0 aromatic rings. The van der Waals surface area contributed by atoms with Crippen molar-refractivity contribution in [3.63, 3.8) is 0 Å². The van der Waals surface area contributed by atoms with E-state index in [9.17, 15) is 4.79 Å². The summed E-state index contributed by atoms with van der Waals surface area (Å²) in [4.78, 5) is 10.3. The Bertz CT molecular complexity index is 161. The highest BCUT2D eigenvalue weighted by molar-refractivity contribution is 5.66. The molecule has 0 spiro atoms. The maximum absolute atomic E-state index is 10.3. The maximum Gasteiger partial charge on any atom is 0.303 e. The SMILES string of the molecule is C/C=C/C(C)C(C)CCC(=O)O. The topological polar surface area (TPSA) is 37.3 Å². The lowest BCUT2D eigenvalue weighted by molar-refractivity contribution is -0.137. The summed E-state index contributed by atoms with van der Waals surface area (Å²) in [6.07, 6.45) is 5.18. The van der Waals surface area contributed by atoms with Gasteiger partial charge in [-0.25, -0.2) is 0 Å². The minimum Gasteiger partial charge on any atom is -0.481 e. The van der Waals surface area contributed by atoms with Crippen molar-refractivity contribution in [2.75, 3.05) is 0 Å². The standard InChI is InChI=1S/C10H18O2/c1-4-5-8(2)9(3)6-7-10(11)12/h4-5,8-9H,6-7H2,1-3H3,(H,11,12)/b5-4+. The van der Waals surface area contributed by atoms with Gasteiger partial charge in [0.25, 0.3) is 0 Å². The third-order valence-corrected chi connectivity index (χ3v) is 2.21. The molecule has 2 atom stereocenters. The molecule has 2 nitrogen and oxygen atoms in total. The molecule has 0 amide bonds. The Morgan fingerprint density at radius 2 is 2.08 bits per heavy atom. The van der Waals surface area contributed by atoms with Crippen molar-refractivity contribution in [1.82, 2.24) is 0 Å². The first-order valence-electron chi connectivity index (χ1n) is 4.42. The summed E-state index contributed by atoms with van der Waals surface area (Å²) in [6, 6.07) is 0. The third-order valence-electron chi connectivity index (χ3n) is 2.21. The number of carboxylic acids is 1. The molecule has 0 heterocycles. The molecule has 0 aliphatic carbocycles. The van der Waals surface area contributed by atoms with E-state index in [2.05, 4.69) is 19.9 Å². The number of carboxylic acid groups (broad SMARTS) is 1. The first kappa shape index (κ1) is 11.2. The predicted octanol–water partition coefficient (Wildman–Crippen LogP) is 2.70. The van der Waals surface area contributed by atoms with E-state index in [0.717, 1.165) is 6.42 Å². The van der Waals surface area contributed by atoms with Gasteiger partial charge in [0.1, 0.15) is 0 Å². The summed E-state index contributed by atoms with van der Waals surface area (Å²) >= 11 is 0. The average Bonchev–Trinajstić information content (AvgIpc) is 2.00. The van der Waals surface area contributed by atoms with E-state index in [4.69, 9.17) is 5.11 Å². The van der Waals surface area contributed by atoms with Crippen LogP contribution in [0.2, 0.25) is 0 Å². The van der Waals surface area contributed by atoms with Gasteiger partial charge in [-0.2, -0.15) is 0 Å². The second-order valence-corrected chi connectivity index (χ2v) is 3.29. The van der Waals surface area contributed by atoms with Crippen LogP contribution in [-0.4, -0.2) is 11.1 Å². The Kier molecular flexibility index (Phi) is 5.43. The molecule has 2 unspecified atom stereocenters.